The van der Waals surface area contributed by atoms with Crippen LogP contribution in [0.1, 0.15) is 17.3 Å². The molecule has 1 unspecified atom stereocenters. The first-order valence-electron chi connectivity index (χ1n) is 3.77. The number of hydrogen-bond donors (Lipinski definition) is 0. The fourth-order valence-electron chi connectivity index (χ4n) is 0.887. The second kappa shape index (κ2) is 4.27. The molecule has 0 aliphatic rings. The van der Waals surface area contributed by atoms with E-state index in [-0.39, 0.29) is 5.78 Å². The van der Waals surface area contributed by atoms with Crippen molar-refractivity contribution in [1.29, 1.82) is 0 Å². The van der Waals surface area contributed by atoms with Gasteiger partial charge in [0.1, 0.15) is 0 Å². The van der Waals surface area contributed by atoms with Crippen molar-refractivity contribution in [3.8, 4) is 0 Å². The van der Waals surface area contributed by atoms with Crippen molar-refractivity contribution in [3.63, 3.8) is 0 Å². The molecule has 62 valence electrons. The fourth-order valence-corrected chi connectivity index (χ4v) is 1.24. The van der Waals surface area contributed by atoms with E-state index in [2.05, 4.69) is 0 Å². The number of carbonyl (C=O) groups excluding carboxylic acids is 1. The minimum absolute atomic E-state index is 0.137. The Labute approximate surface area is 81.0 Å². The molecule has 12 heavy (non-hydrogen) atoms. The normalized spacial score (nSPS) is 11.3. The predicted octanol–water partition coefficient (Wildman–Crippen LogP) is 1.41. The molecule has 0 spiro atoms. The summed E-state index contributed by atoms with van der Waals surface area (Å²) in [7, 11) is 0. The Kier molecular flexibility index (Phi) is 3.30. The molecule has 0 aliphatic heterocycles. The van der Waals surface area contributed by atoms with Crippen LogP contribution in [0.3, 0.4) is 0 Å². The van der Waals surface area contributed by atoms with Crippen LogP contribution < -0.4 is 0 Å². The monoisotopic (exact) mass is 222 g/mol. The van der Waals surface area contributed by atoms with Gasteiger partial charge in [0.2, 0.25) is 0 Å². The van der Waals surface area contributed by atoms with E-state index in [0.717, 1.165) is 9.92 Å². The summed E-state index contributed by atoms with van der Waals surface area (Å²) in [6.45, 7) is 1.89. The van der Waals surface area contributed by atoms with Gasteiger partial charge in [-0.1, -0.05) is 0 Å². The molecule has 0 bridgehead atoms. The summed E-state index contributed by atoms with van der Waals surface area (Å²) in [5.41, 5.74) is 0.773. The van der Waals surface area contributed by atoms with Gasteiger partial charge in [-0.2, -0.15) is 0 Å². The first-order chi connectivity index (χ1) is 5.75. The van der Waals surface area contributed by atoms with Crippen molar-refractivity contribution in [2.75, 3.05) is 0 Å². The number of benzene rings is 1. The van der Waals surface area contributed by atoms with Gasteiger partial charge in [-0.15, -0.1) is 0 Å². The van der Waals surface area contributed by atoms with Gasteiger partial charge in [-0.25, -0.2) is 0 Å². The van der Waals surface area contributed by atoms with Gasteiger partial charge in [0, 0.05) is 0 Å². The summed E-state index contributed by atoms with van der Waals surface area (Å²) in [4.78, 5) is 11.5. The van der Waals surface area contributed by atoms with Crippen molar-refractivity contribution in [3.05, 3.63) is 46.3 Å². The molecule has 0 radical (unpaired) electrons. The summed E-state index contributed by atoms with van der Waals surface area (Å²) in [6.07, 6.45) is 1.86. The second-order valence-electron chi connectivity index (χ2n) is 2.44. The molecule has 1 aromatic rings. The SMILES string of the molecule is CC=C([AsH2])C(=O)c1ccccc1. The Balaban J connectivity index is 2.94. The molecule has 1 aromatic carbocycles. The standard InChI is InChI=1S/C10H11AsO/c1-2-9(11)10(12)8-6-4-3-5-7-8/h2-7H,11H2,1H3. The molecule has 0 fully saturated rings. The molecule has 2 heteroatoms. The molecule has 1 nitrogen and oxygen atoms in total. The number of ketones is 1. The van der Waals surface area contributed by atoms with E-state index < -0.39 is 0 Å². The molecule has 0 amide bonds. The van der Waals surface area contributed by atoms with Crippen LogP contribution in [0.2, 0.25) is 0 Å². The zero-order valence-corrected chi connectivity index (χ0v) is 9.37. The molecule has 0 saturated heterocycles. The first-order valence-corrected chi connectivity index (χ1v) is 4.98. The van der Waals surface area contributed by atoms with Crippen LogP contribution in [-0.2, 0) is 0 Å². The van der Waals surface area contributed by atoms with E-state index in [9.17, 15) is 4.79 Å². The van der Waals surface area contributed by atoms with Crippen molar-refractivity contribution in [2.24, 2.45) is 0 Å². The molecule has 0 aliphatic carbocycles. The Morgan fingerprint density at radius 2 is 1.92 bits per heavy atom. The van der Waals surface area contributed by atoms with E-state index in [1.54, 1.807) is 0 Å². The zero-order chi connectivity index (χ0) is 8.97. The predicted molar refractivity (Wildman–Crippen MR) is 53.1 cm³/mol. The third-order valence-corrected chi connectivity index (χ3v) is 2.86. The summed E-state index contributed by atoms with van der Waals surface area (Å²) >= 11 is 1.37. The summed E-state index contributed by atoms with van der Waals surface area (Å²) in [5.74, 6) is 0.137. The van der Waals surface area contributed by atoms with Gasteiger partial charge in [0.05, 0.1) is 0 Å². The Bertz CT molecular complexity index is 301. The van der Waals surface area contributed by atoms with Gasteiger partial charge < -0.3 is 0 Å². The van der Waals surface area contributed by atoms with Gasteiger partial charge >= 0.3 is 80.7 Å². The van der Waals surface area contributed by atoms with E-state index in [0.29, 0.717) is 0 Å². The molecule has 0 saturated carbocycles. The first kappa shape index (κ1) is 9.28. The number of rotatable bonds is 2. The Morgan fingerprint density at radius 1 is 1.33 bits per heavy atom. The molecule has 1 rings (SSSR count). The quantitative estimate of drug-likeness (QED) is 0.420. The second-order valence-corrected chi connectivity index (χ2v) is 3.74. The van der Waals surface area contributed by atoms with E-state index >= 15 is 0 Å². The van der Waals surface area contributed by atoms with E-state index in [1.807, 2.05) is 43.3 Å². The molecule has 0 aromatic heterocycles. The number of hydrogen-bond acceptors (Lipinski definition) is 1. The van der Waals surface area contributed by atoms with Crippen molar-refractivity contribution in [1.82, 2.24) is 0 Å². The zero-order valence-electron chi connectivity index (χ0n) is 6.95. The molecule has 0 heterocycles. The van der Waals surface area contributed by atoms with Crippen LogP contribution in [0, 0.1) is 0 Å². The average molecular weight is 222 g/mol. The third-order valence-electron chi connectivity index (χ3n) is 1.61. The molecule has 1 atom stereocenters. The van der Waals surface area contributed by atoms with Gasteiger partial charge in [-0.3, -0.25) is 0 Å². The van der Waals surface area contributed by atoms with Crippen molar-refractivity contribution >= 4 is 22.6 Å². The Morgan fingerprint density at radius 3 is 2.42 bits per heavy atom. The molecular weight excluding hydrogens is 211 g/mol. The number of Topliss-reactive ketones (excluding diaryl/α,β-unsaturated/α-hetero) is 1. The topological polar surface area (TPSA) is 17.1 Å². The third kappa shape index (κ3) is 2.09. The van der Waals surface area contributed by atoms with Crippen LogP contribution in [0.15, 0.2) is 40.8 Å². The molecular formula is C10H11AsO. The van der Waals surface area contributed by atoms with Crippen LogP contribution >= 0.6 is 0 Å². The minimum atomic E-state index is 0.137. The van der Waals surface area contributed by atoms with Crippen LogP contribution in [0.5, 0.6) is 0 Å². The molecule has 0 N–H and O–H groups in total. The number of allylic oxidation sites excluding steroid dienone is 2. The van der Waals surface area contributed by atoms with Gasteiger partial charge in [0.25, 0.3) is 0 Å². The average Bonchev–Trinajstić information content (AvgIpc) is 2.17. The summed E-state index contributed by atoms with van der Waals surface area (Å²) in [5, 5.41) is 0. The van der Waals surface area contributed by atoms with Crippen molar-refractivity contribution < 1.29 is 4.79 Å². The Hall–Kier alpha value is -0.812. The van der Waals surface area contributed by atoms with E-state index in [1.165, 1.54) is 16.9 Å². The van der Waals surface area contributed by atoms with Crippen molar-refractivity contribution in [2.45, 2.75) is 6.92 Å². The van der Waals surface area contributed by atoms with Crippen LogP contribution in [0.4, 0.5) is 0 Å². The van der Waals surface area contributed by atoms with E-state index in [4.69, 9.17) is 0 Å². The van der Waals surface area contributed by atoms with Gasteiger partial charge in [0.15, 0.2) is 0 Å². The van der Waals surface area contributed by atoms with Crippen LogP contribution in [0.25, 0.3) is 0 Å². The summed E-state index contributed by atoms with van der Waals surface area (Å²) in [6, 6.07) is 9.34. The maximum absolute atomic E-state index is 11.5. The van der Waals surface area contributed by atoms with Gasteiger partial charge in [-0.05, 0) is 0 Å². The number of carbonyl (C=O) groups is 1. The summed E-state index contributed by atoms with van der Waals surface area (Å²) < 4.78 is 0.855. The maximum atomic E-state index is 11.5. The fraction of sp³-hybridized carbons (Fsp3) is 0.100. The van der Waals surface area contributed by atoms with Crippen LogP contribution in [-0.4, -0.2) is 22.6 Å².